The summed E-state index contributed by atoms with van der Waals surface area (Å²) in [4.78, 5) is 40.2. The van der Waals surface area contributed by atoms with Crippen LogP contribution in [0.15, 0.2) is 42.5 Å². The minimum atomic E-state index is -4.57. The number of benzene rings is 2. The lowest BCUT2D eigenvalue weighted by Gasteiger charge is -2.31. The van der Waals surface area contributed by atoms with Gasteiger partial charge in [0.1, 0.15) is 0 Å². The zero-order valence-electron chi connectivity index (χ0n) is 16.9. The largest absolute Gasteiger partial charge is 0.416 e. The zero-order valence-corrected chi connectivity index (χ0v) is 16.9. The van der Waals surface area contributed by atoms with Gasteiger partial charge in [-0.2, -0.15) is 13.2 Å². The molecule has 0 saturated carbocycles. The van der Waals surface area contributed by atoms with Crippen LogP contribution < -0.4 is 10.2 Å². The number of nitrogens with zero attached hydrogens (tertiary/aromatic N) is 2. The molecule has 0 aliphatic carbocycles. The first-order chi connectivity index (χ1) is 15.3. The topological polar surface area (TPSA) is 79.0 Å². The summed E-state index contributed by atoms with van der Waals surface area (Å²) < 4.78 is 44.9. The van der Waals surface area contributed by atoms with E-state index in [9.17, 15) is 27.6 Å². The highest BCUT2D eigenvalue weighted by Crippen LogP contribution is 2.36. The van der Waals surface area contributed by atoms with Crippen molar-refractivity contribution in [2.45, 2.75) is 12.6 Å². The number of ether oxygens (including phenoxy) is 1. The van der Waals surface area contributed by atoms with Crippen LogP contribution >= 0.6 is 0 Å². The van der Waals surface area contributed by atoms with Crippen LogP contribution in [0.2, 0.25) is 0 Å². The van der Waals surface area contributed by atoms with Crippen LogP contribution in [-0.4, -0.2) is 55.5 Å². The van der Waals surface area contributed by atoms with E-state index >= 15 is 0 Å². The van der Waals surface area contributed by atoms with Crippen LogP contribution in [0.25, 0.3) is 0 Å². The quantitative estimate of drug-likeness (QED) is 0.713. The number of rotatable bonds is 5. The van der Waals surface area contributed by atoms with Crippen molar-refractivity contribution in [2.75, 3.05) is 43.1 Å². The summed E-state index contributed by atoms with van der Waals surface area (Å²) in [6, 6.07) is 9.54. The monoisotopic (exact) mass is 447 g/mol. The number of carbonyl (C=O) groups is 3. The van der Waals surface area contributed by atoms with Crippen LogP contribution in [0.1, 0.15) is 32.7 Å². The lowest BCUT2D eigenvalue weighted by atomic mass is 10.1. The molecule has 168 valence electrons. The zero-order chi connectivity index (χ0) is 22.9. The maximum Gasteiger partial charge on any atom is 0.416 e. The van der Waals surface area contributed by atoms with Gasteiger partial charge in [0.15, 0.2) is 0 Å². The summed E-state index contributed by atoms with van der Waals surface area (Å²) in [5, 5.41) is 2.52. The van der Waals surface area contributed by atoms with Gasteiger partial charge in [-0.3, -0.25) is 19.3 Å². The smallest absolute Gasteiger partial charge is 0.378 e. The lowest BCUT2D eigenvalue weighted by molar-refractivity contribution is -0.137. The second-order valence-corrected chi connectivity index (χ2v) is 7.43. The Morgan fingerprint density at radius 2 is 1.62 bits per heavy atom. The van der Waals surface area contributed by atoms with Gasteiger partial charge < -0.3 is 15.0 Å². The van der Waals surface area contributed by atoms with Crippen LogP contribution in [0.3, 0.4) is 0 Å². The maximum absolute atomic E-state index is 13.2. The molecule has 1 fully saturated rings. The number of hydrogen-bond donors (Lipinski definition) is 1. The number of fused-ring (bicyclic) bond motifs is 1. The Morgan fingerprint density at radius 3 is 2.22 bits per heavy atom. The van der Waals surface area contributed by atoms with Crippen molar-refractivity contribution in [2.24, 2.45) is 0 Å². The van der Waals surface area contributed by atoms with Crippen LogP contribution in [0.4, 0.5) is 24.5 Å². The molecular weight excluding hydrogens is 427 g/mol. The average molecular weight is 447 g/mol. The van der Waals surface area contributed by atoms with E-state index in [4.69, 9.17) is 4.74 Å². The molecule has 32 heavy (non-hydrogen) atoms. The van der Waals surface area contributed by atoms with Gasteiger partial charge in [-0.05, 0) is 30.3 Å². The van der Waals surface area contributed by atoms with E-state index in [1.165, 1.54) is 18.2 Å². The Balaban J connectivity index is 1.48. The first-order valence-electron chi connectivity index (χ1n) is 10.0. The van der Waals surface area contributed by atoms with Gasteiger partial charge in [-0.15, -0.1) is 0 Å². The number of nitrogens with one attached hydrogen (secondary N) is 1. The van der Waals surface area contributed by atoms with Crippen molar-refractivity contribution in [3.63, 3.8) is 0 Å². The van der Waals surface area contributed by atoms with Crippen molar-refractivity contribution in [3.8, 4) is 0 Å². The average Bonchev–Trinajstić information content (AvgIpc) is 3.02. The van der Waals surface area contributed by atoms with Crippen LogP contribution in [0.5, 0.6) is 0 Å². The van der Waals surface area contributed by atoms with E-state index in [0.29, 0.717) is 32.0 Å². The minimum absolute atomic E-state index is 0.0223. The number of amides is 3. The maximum atomic E-state index is 13.2. The fraction of sp³-hybridized carbons (Fsp3) is 0.318. The van der Waals surface area contributed by atoms with Gasteiger partial charge in [0, 0.05) is 26.1 Å². The third kappa shape index (κ3) is 4.31. The first-order valence-corrected chi connectivity index (χ1v) is 10.0. The van der Waals surface area contributed by atoms with Gasteiger partial charge in [-0.25, -0.2) is 0 Å². The molecule has 2 aliphatic heterocycles. The predicted octanol–water partition coefficient (Wildman–Crippen LogP) is 3.17. The molecule has 0 bridgehead atoms. The fourth-order valence-electron chi connectivity index (χ4n) is 3.76. The summed E-state index contributed by atoms with van der Waals surface area (Å²) in [5.74, 6) is -1.59. The van der Waals surface area contributed by atoms with Gasteiger partial charge >= 0.3 is 6.18 Å². The van der Waals surface area contributed by atoms with Gasteiger partial charge in [0.05, 0.1) is 41.3 Å². The third-order valence-electron chi connectivity index (χ3n) is 5.39. The summed E-state index contributed by atoms with van der Waals surface area (Å²) in [7, 11) is 0. The van der Waals surface area contributed by atoms with Crippen LogP contribution in [0, 0.1) is 0 Å². The van der Waals surface area contributed by atoms with Crippen molar-refractivity contribution < 1.29 is 32.3 Å². The number of morpholine rings is 1. The predicted molar refractivity (Wildman–Crippen MR) is 110 cm³/mol. The van der Waals surface area contributed by atoms with Crippen molar-refractivity contribution in [3.05, 3.63) is 59.2 Å². The molecule has 2 aromatic carbocycles. The molecule has 4 rings (SSSR count). The summed E-state index contributed by atoms with van der Waals surface area (Å²) >= 11 is 0. The Labute approximate surface area is 181 Å². The Hall–Kier alpha value is -3.40. The van der Waals surface area contributed by atoms with Crippen molar-refractivity contribution >= 4 is 29.1 Å². The minimum Gasteiger partial charge on any atom is -0.378 e. The van der Waals surface area contributed by atoms with Crippen LogP contribution in [-0.2, 0) is 15.7 Å². The molecule has 7 nitrogen and oxygen atoms in total. The van der Waals surface area contributed by atoms with E-state index in [2.05, 4.69) is 5.32 Å². The molecule has 2 aliphatic rings. The molecule has 2 heterocycles. The number of halogens is 3. The fourth-order valence-corrected chi connectivity index (χ4v) is 3.76. The van der Waals surface area contributed by atoms with Gasteiger partial charge in [-0.1, -0.05) is 12.1 Å². The number of anilines is 2. The second-order valence-electron chi connectivity index (χ2n) is 7.43. The highest BCUT2D eigenvalue weighted by Gasteiger charge is 2.35. The molecule has 10 heteroatoms. The number of carbonyl (C=O) groups excluding carboxylic acids is 3. The normalized spacial score (nSPS) is 16.3. The third-order valence-corrected chi connectivity index (χ3v) is 5.39. The van der Waals surface area contributed by atoms with Gasteiger partial charge in [0.2, 0.25) is 5.91 Å². The molecule has 0 atom stereocenters. The second kappa shape index (κ2) is 8.62. The molecule has 0 spiro atoms. The highest BCUT2D eigenvalue weighted by molar-refractivity contribution is 6.21. The number of hydrogen-bond acceptors (Lipinski definition) is 5. The van der Waals surface area contributed by atoms with Crippen molar-refractivity contribution in [1.29, 1.82) is 0 Å². The Morgan fingerprint density at radius 1 is 1.00 bits per heavy atom. The Kier molecular flexibility index (Phi) is 5.88. The van der Waals surface area contributed by atoms with E-state index in [-0.39, 0.29) is 29.8 Å². The highest BCUT2D eigenvalue weighted by atomic mass is 19.4. The molecule has 1 N–H and O–H groups in total. The molecule has 0 unspecified atom stereocenters. The van der Waals surface area contributed by atoms with E-state index in [0.717, 1.165) is 17.0 Å². The SMILES string of the molecule is O=C(CCN1C(=O)c2ccccc2C1=O)Nc1cc(C(F)(F)F)ccc1N1CCOCC1. The molecular formula is C22H20F3N3O4. The van der Waals surface area contributed by atoms with E-state index in [1.807, 2.05) is 4.90 Å². The number of imide groups is 1. The molecule has 1 saturated heterocycles. The first kappa shape index (κ1) is 21.8. The standard InChI is InChI=1S/C22H20F3N3O4/c23-22(24,25)14-5-6-18(27-9-11-32-12-10-27)17(13-14)26-19(29)7-8-28-20(30)15-3-1-2-4-16(15)21(28)31/h1-6,13H,7-12H2,(H,26,29). The van der Waals surface area contributed by atoms with Gasteiger partial charge in [0.25, 0.3) is 11.8 Å². The molecule has 2 aromatic rings. The van der Waals surface area contributed by atoms with E-state index < -0.39 is 29.5 Å². The molecule has 0 aromatic heterocycles. The Bertz CT molecular complexity index is 1030. The molecule has 3 amide bonds. The lowest BCUT2D eigenvalue weighted by Crippen LogP contribution is -2.37. The van der Waals surface area contributed by atoms with Crippen molar-refractivity contribution in [1.82, 2.24) is 4.90 Å². The van der Waals surface area contributed by atoms with E-state index in [1.54, 1.807) is 12.1 Å². The summed E-state index contributed by atoms with van der Waals surface area (Å²) in [6.07, 6.45) is -4.81. The molecule has 0 radical (unpaired) electrons. The number of alkyl halides is 3. The summed E-state index contributed by atoms with van der Waals surface area (Å²) in [5.41, 5.74) is 0.130. The summed E-state index contributed by atoms with van der Waals surface area (Å²) in [6.45, 7) is 1.62.